The van der Waals surface area contributed by atoms with Crippen molar-refractivity contribution in [1.29, 1.82) is 0 Å². The van der Waals surface area contributed by atoms with Crippen LogP contribution in [0.1, 0.15) is 27.2 Å². The second kappa shape index (κ2) is 4.72. The number of halogens is 1. The molecule has 1 aromatic carbocycles. The van der Waals surface area contributed by atoms with Crippen molar-refractivity contribution >= 4 is 5.78 Å². The van der Waals surface area contributed by atoms with Crippen molar-refractivity contribution in [2.24, 2.45) is 7.05 Å². The maximum Gasteiger partial charge on any atom is 0.170 e. The standard InChI is InChI=1S/C14H15FN2O/c1-9-4-5-12(15)6-11(9)7-14(18)13-8-17(3)16-10(13)2/h4-6,8H,7H2,1-3H3. The highest BCUT2D eigenvalue weighted by molar-refractivity contribution is 5.98. The zero-order valence-electron chi connectivity index (χ0n) is 10.7. The highest BCUT2D eigenvalue weighted by Crippen LogP contribution is 2.15. The number of carbonyl (C=O) groups is 1. The lowest BCUT2D eigenvalue weighted by Crippen LogP contribution is -2.05. The third-order valence-corrected chi connectivity index (χ3v) is 2.98. The first-order chi connectivity index (χ1) is 8.47. The zero-order valence-corrected chi connectivity index (χ0v) is 10.7. The van der Waals surface area contributed by atoms with Gasteiger partial charge in [-0.2, -0.15) is 5.10 Å². The van der Waals surface area contributed by atoms with E-state index in [1.165, 1.54) is 12.1 Å². The normalized spacial score (nSPS) is 10.7. The number of rotatable bonds is 3. The summed E-state index contributed by atoms with van der Waals surface area (Å²) in [7, 11) is 1.78. The molecule has 4 heteroatoms. The molecule has 3 nitrogen and oxygen atoms in total. The van der Waals surface area contributed by atoms with Crippen molar-refractivity contribution in [2.45, 2.75) is 20.3 Å². The van der Waals surface area contributed by atoms with Crippen molar-refractivity contribution in [1.82, 2.24) is 9.78 Å². The summed E-state index contributed by atoms with van der Waals surface area (Å²) in [5.74, 6) is -0.347. The van der Waals surface area contributed by atoms with Gasteiger partial charge in [0, 0.05) is 19.7 Å². The Labute approximate surface area is 105 Å². The van der Waals surface area contributed by atoms with Crippen LogP contribution in [-0.4, -0.2) is 15.6 Å². The minimum absolute atomic E-state index is 0.0331. The number of ketones is 1. The molecule has 94 valence electrons. The molecule has 1 aromatic heterocycles. The molecule has 0 aliphatic heterocycles. The molecule has 2 aromatic rings. The highest BCUT2D eigenvalue weighted by Gasteiger charge is 2.14. The molecule has 0 aliphatic carbocycles. The number of aryl methyl sites for hydroxylation is 3. The molecule has 0 unspecified atom stereocenters. The van der Waals surface area contributed by atoms with Gasteiger partial charge in [-0.25, -0.2) is 4.39 Å². The Morgan fingerprint density at radius 1 is 1.39 bits per heavy atom. The van der Waals surface area contributed by atoms with E-state index in [2.05, 4.69) is 5.10 Å². The van der Waals surface area contributed by atoms with Crippen molar-refractivity contribution in [3.63, 3.8) is 0 Å². The van der Waals surface area contributed by atoms with E-state index in [0.717, 1.165) is 11.1 Å². The molecule has 0 N–H and O–H groups in total. The lowest BCUT2D eigenvalue weighted by molar-refractivity contribution is 0.0992. The summed E-state index contributed by atoms with van der Waals surface area (Å²) in [6.07, 6.45) is 1.91. The molecule has 1 heterocycles. The van der Waals surface area contributed by atoms with Crippen LogP contribution in [-0.2, 0) is 13.5 Å². The van der Waals surface area contributed by atoms with Gasteiger partial charge in [0.2, 0.25) is 0 Å². The summed E-state index contributed by atoms with van der Waals surface area (Å²) in [4.78, 5) is 12.1. The molecule has 0 aliphatic rings. The SMILES string of the molecule is Cc1ccc(F)cc1CC(=O)c1cn(C)nc1C. The maximum atomic E-state index is 13.2. The zero-order chi connectivity index (χ0) is 13.3. The van der Waals surface area contributed by atoms with Gasteiger partial charge in [0.15, 0.2) is 5.78 Å². The minimum atomic E-state index is -0.314. The number of benzene rings is 1. The van der Waals surface area contributed by atoms with Crippen LogP contribution in [0.2, 0.25) is 0 Å². The Balaban J connectivity index is 2.26. The Kier molecular flexibility index (Phi) is 3.28. The van der Waals surface area contributed by atoms with E-state index in [4.69, 9.17) is 0 Å². The van der Waals surface area contributed by atoms with Gasteiger partial charge in [-0.3, -0.25) is 9.48 Å². The molecular weight excluding hydrogens is 231 g/mol. The molecule has 0 fully saturated rings. The fourth-order valence-electron chi connectivity index (χ4n) is 1.97. The summed E-state index contributed by atoms with van der Waals surface area (Å²) >= 11 is 0. The molecular formula is C14H15FN2O. The van der Waals surface area contributed by atoms with Crippen molar-refractivity contribution in [3.05, 3.63) is 52.6 Å². The molecule has 18 heavy (non-hydrogen) atoms. The largest absolute Gasteiger partial charge is 0.294 e. The van der Waals surface area contributed by atoms with Crippen LogP contribution >= 0.6 is 0 Å². The van der Waals surface area contributed by atoms with E-state index in [1.807, 2.05) is 6.92 Å². The van der Waals surface area contributed by atoms with Gasteiger partial charge in [0.25, 0.3) is 0 Å². The predicted octanol–water partition coefficient (Wildman–Crippen LogP) is 2.60. The fraction of sp³-hybridized carbons (Fsp3) is 0.286. The number of aromatic nitrogens is 2. The van der Waals surface area contributed by atoms with Crippen LogP contribution < -0.4 is 0 Å². The van der Waals surface area contributed by atoms with Gasteiger partial charge >= 0.3 is 0 Å². The summed E-state index contributed by atoms with van der Waals surface area (Å²) in [5, 5.41) is 4.14. The van der Waals surface area contributed by atoms with E-state index >= 15 is 0 Å². The van der Waals surface area contributed by atoms with Gasteiger partial charge in [0.05, 0.1) is 11.3 Å². The lowest BCUT2D eigenvalue weighted by Gasteiger charge is -2.04. The number of hydrogen-bond acceptors (Lipinski definition) is 2. The van der Waals surface area contributed by atoms with Crippen molar-refractivity contribution < 1.29 is 9.18 Å². The average Bonchev–Trinajstić information content (AvgIpc) is 2.63. The van der Waals surface area contributed by atoms with Crippen LogP contribution in [0.25, 0.3) is 0 Å². The Hall–Kier alpha value is -1.97. The monoisotopic (exact) mass is 246 g/mol. The first kappa shape index (κ1) is 12.5. The molecule has 0 radical (unpaired) electrons. The van der Waals surface area contributed by atoms with Crippen molar-refractivity contribution in [3.8, 4) is 0 Å². The van der Waals surface area contributed by atoms with Crippen LogP contribution in [0.3, 0.4) is 0 Å². The quantitative estimate of drug-likeness (QED) is 0.780. The van der Waals surface area contributed by atoms with Crippen LogP contribution in [0, 0.1) is 19.7 Å². The summed E-state index contributed by atoms with van der Waals surface area (Å²) < 4.78 is 14.8. The highest BCUT2D eigenvalue weighted by atomic mass is 19.1. The minimum Gasteiger partial charge on any atom is -0.294 e. The van der Waals surface area contributed by atoms with E-state index in [1.54, 1.807) is 30.9 Å². The van der Waals surface area contributed by atoms with Gasteiger partial charge in [-0.05, 0) is 37.1 Å². The Morgan fingerprint density at radius 2 is 2.11 bits per heavy atom. The van der Waals surface area contributed by atoms with Gasteiger partial charge < -0.3 is 0 Å². The molecule has 0 spiro atoms. The third kappa shape index (κ3) is 2.47. The first-order valence-corrected chi connectivity index (χ1v) is 5.76. The second-order valence-corrected chi connectivity index (χ2v) is 4.47. The molecule has 0 saturated heterocycles. The Morgan fingerprint density at radius 3 is 2.72 bits per heavy atom. The van der Waals surface area contributed by atoms with E-state index < -0.39 is 0 Å². The van der Waals surface area contributed by atoms with Crippen LogP contribution in [0.15, 0.2) is 24.4 Å². The lowest BCUT2D eigenvalue weighted by atomic mass is 10.00. The molecule has 2 rings (SSSR count). The third-order valence-electron chi connectivity index (χ3n) is 2.98. The second-order valence-electron chi connectivity index (χ2n) is 4.47. The molecule has 0 bridgehead atoms. The number of hydrogen-bond donors (Lipinski definition) is 0. The summed E-state index contributed by atoms with van der Waals surface area (Å²) in [5.41, 5.74) is 2.95. The molecule has 0 amide bonds. The summed E-state index contributed by atoms with van der Waals surface area (Å²) in [6, 6.07) is 4.51. The van der Waals surface area contributed by atoms with E-state index in [9.17, 15) is 9.18 Å². The molecule has 0 atom stereocenters. The van der Waals surface area contributed by atoms with Gasteiger partial charge in [-0.15, -0.1) is 0 Å². The predicted molar refractivity (Wildman–Crippen MR) is 67.1 cm³/mol. The maximum absolute atomic E-state index is 13.2. The summed E-state index contributed by atoms with van der Waals surface area (Å²) in [6.45, 7) is 3.67. The van der Waals surface area contributed by atoms with Crippen LogP contribution in [0.4, 0.5) is 4.39 Å². The fourth-order valence-corrected chi connectivity index (χ4v) is 1.97. The van der Waals surface area contributed by atoms with Gasteiger partial charge in [0.1, 0.15) is 5.82 Å². The molecule has 0 saturated carbocycles. The first-order valence-electron chi connectivity index (χ1n) is 5.76. The van der Waals surface area contributed by atoms with Crippen LogP contribution in [0.5, 0.6) is 0 Å². The number of nitrogens with zero attached hydrogens (tertiary/aromatic N) is 2. The van der Waals surface area contributed by atoms with Gasteiger partial charge in [-0.1, -0.05) is 6.07 Å². The number of Topliss-reactive ketones (excluding diaryl/α,β-unsaturated/α-hetero) is 1. The van der Waals surface area contributed by atoms with E-state index in [0.29, 0.717) is 11.3 Å². The smallest absolute Gasteiger partial charge is 0.170 e. The Bertz CT molecular complexity index is 602. The van der Waals surface area contributed by atoms with E-state index in [-0.39, 0.29) is 18.0 Å². The average molecular weight is 246 g/mol. The topological polar surface area (TPSA) is 34.9 Å². The number of carbonyl (C=O) groups excluding carboxylic acids is 1. The van der Waals surface area contributed by atoms with Crippen molar-refractivity contribution in [2.75, 3.05) is 0 Å².